The summed E-state index contributed by atoms with van der Waals surface area (Å²) < 4.78 is 12.8. The minimum Gasteiger partial charge on any atom is -0.454 e. The van der Waals surface area contributed by atoms with Gasteiger partial charge in [0.15, 0.2) is 17.3 Å². The first-order valence-corrected chi connectivity index (χ1v) is 7.57. The Kier molecular flexibility index (Phi) is 2.64. The van der Waals surface area contributed by atoms with Crippen LogP contribution in [0.3, 0.4) is 0 Å². The molecule has 7 nitrogen and oxygen atoms in total. The number of nitrogens with zero attached hydrogens (tertiary/aromatic N) is 4. The Morgan fingerprint density at radius 3 is 2.88 bits per heavy atom. The molecule has 0 atom stereocenters. The highest BCUT2D eigenvalue weighted by Crippen LogP contribution is 2.35. The van der Waals surface area contributed by atoms with Crippen LogP contribution in [-0.2, 0) is 0 Å². The van der Waals surface area contributed by atoms with Gasteiger partial charge in [0.1, 0.15) is 5.82 Å². The SMILES string of the molecule is Cc1nnc2c(Nc3ccc4c(c3)OCO4)nc3ccccc3n12. The van der Waals surface area contributed by atoms with Crippen molar-refractivity contribution in [2.45, 2.75) is 6.92 Å². The second kappa shape index (κ2) is 4.82. The summed E-state index contributed by atoms with van der Waals surface area (Å²) in [6.45, 7) is 2.18. The van der Waals surface area contributed by atoms with E-state index in [-0.39, 0.29) is 6.79 Å². The topological polar surface area (TPSA) is 73.6 Å². The van der Waals surface area contributed by atoms with Crippen molar-refractivity contribution in [1.29, 1.82) is 0 Å². The lowest BCUT2D eigenvalue weighted by atomic mass is 10.2. The van der Waals surface area contributed by atoms with Crippen LogP contribution in [0.5, 0.6) is 11.5 Å². The van der Waals surface area contributed by atoms with Gasteiger partial charge in [-0.2, -0.15) is 0 Å². The van der Waals surface area contributed by atoms with Crippen LogP contribution in [-0.4, -0.2) is 26.4 Å². The molecule has 5 rings (SSSR count). The zero-order valence-corrected chi connectivity index (χ0v) is 12.9. The van der Waals surface area contributed by atoms with Crippen LogP contribution in [0, 0.1) is 6.92 Å². The number of ether oxygens (including phenoxy) is 2. The second-order valence-corrected chi connectivity index (χ2v) is 5.55. The van der Waals surface area contributed by atoms with Crippen molar-refractivity contribution >= 4 is 28.2 Å². The molecule has 0 amide bonds. The lowest BCUT2D eigenvalue weighted by Gasteiger charge is -2.10. The van der Waals surface area contributed by atoms with E-state index in [9.17, 15) is 0 Å². The summed E-state index contributed by atoms with van der Waals surface area (Å²) in [7, 11) is 0. The summed E-state index contributed by atoms with van der Waals surface area (Å²) in [6.07, 6.45) is 0. The highest BCUT2D eigenvalue weighted by molar-refractivity contribution is 5.84. The fourth-order valence-corrected chi connectivity index (χ4v) is 2.92. The molecule has 2 aromatic carbocycles. The summed E-state index contributed by atoms with van der Waals surface area (Å²) in [4.78, 5) is 4.70. The predicted octanol–water partition coefficient (Wildman–Crippen LogP) is 3.06. The van der Waals surface area contributed by atoms with Crippen molar-refractivity contribution in [2.24, 2.45) is 0 Å². The van der Waals surface area contributed by atoms with Crippen molar-refractivity contribution in [2.75, 3.05) is 12.1 Å². The Morgan fingerprint density at radius 2 is 1.92 bits per heavy atom. The van der Waals surface area contributed by atoms with Crippen LogP contribution in [0.25, 0.3) is 16.7 Å². The average Bonchev–Trinajstić information content (AvgIpc) is 3.22. The van der Waals surface area contributed by atoms with Gasteiger partial charge in [-0.05, 0) is 31.2 Å². The molecule has 1 aliphatic heterocycles. The van der Waals surface area contributed by atoms with Crippen molar-refractivity contribution in [3.05, 3.63) is 48.3 Å². The van der Waals surface area contributed by atoms with Gasteiger partial charge in [-0.3, -0.25) is 4.40 Å². The summed E-state index contributed by atoms with van der Waals surface area (Å²) in [5.74, 6) is 2.93. The summed E-state index contributed by atoms with van der Waals surface area (Å²) in [6, 6.07) is 13.6. The van der Waals surface area contributed by atoms with E-state index in [4.69, 9.17) is 14.5 Å². The Hall–Kier alpha value is -3.35. The highest BCUT2D eigenvalue weighted by atomic mass is 16.7. The lowest BCUT2D eigenvalue weighted by molar-refractivity contribution is 0.174. The number of hydrogen-bond donors (Lipinski definition) is 1. The monoisotopic (exact) mass is 319 g/mol. The number of benzene rings is 2. The summed E-state index contributed by atoms with van der Waals surface area (Å²) in [5.41, 5.74) is 3.39. The van der Waals surface area contributed by atoms with Gasteiger partial charge in [0.2, 0.25) is 12.4 Å². The molecule has 118 valence electrons. The summed E-state index contributed by atoms with van der Waals surface area (Å²) >= 11 is 0. The van der Waals surface area contributed by atoms with Gasteiger partial charge in [0.05, 0.1) is 11.0 Å². The van der Waals surface area contributed by atoms with E-state index in [2.05, 4.69) is 15.5 Å². The zero-order chi connectivity index (χ0) is 16.1. The number of aryl methyl sites for hydroxylation is 1. The first kappa shape index (κ1) is 13.1. The van der Waals surface area contributed by atoms with E-state index in [1.54, 1.807) is 0 Å². The van der Waals surface area contributed by atoms with Crippen LogP contribution in [0.4, 0.5) is 11.5 Å². The lowest BCUT2D eigenvalue weighted by Crippen LogP contribution is -2.01. The molecular weight excluding hydrogens is 306 g/mol. The number of nitrogens with one attached hydrogen (secondary N) is 1. The van der Waals surface area contributed by atoms with Crippen LogP contribution in [0.1, 0.15) is 5.82 Å². The van der Waals surface area contributed by atoms with Gasteiger partial charge in [0, 0.05) is 11.8 Å². The van der Waals surface area contributed by atoms with Crippen LogP contribution in [0.2, 0.25) is 0 Å². The molecule has 0 radical (unpaired) electrons. The molecule has 0 saturated carbocycles. The molecule has 1 aliphatic rings. The number of fused-ring (bicyclic) bond motifs is 4. The molecular formula is C17H13N5O2. The molecule has 1 N–H and O–H groups in total. The quantitative estimate of drug-likeness (QED) is 0.612. The molecule has 4 aromatic rings. The fourth-order valence-electron chi connectivity index (χ4n) is 2.92. The number of hydrogen-bond acceptors (Lipinski definition) is 6. The predicted molar refractivity (Wildman–Crippen MR) is 88.9 cm³/mol. The highest BCUT2D eigenvalue weighted by Gasteiger charge is 2.16. The molecule has 0 unspecified atom stereocenters. The third-order valence-electron chi connectivity index (χ3n) is 4.03. The minimum absolute atomic E-state index is 0.251. The molecule has 24 heavy (non-hydrogen) atoms. The molecule has 2 aromatic heterocycles. The minimum atomic E-state index is 0.251. The number of rotatable bonds is 2. The van der Waals surface area contributed by atoms with Gasteiger partial charge in [-0.15, -0.1) is 10.2 Å². The Bertz CT molecular complexity index is 1090. The van der Waals surface area contributed by atoms with Gasteiger partial charge >= 0.3 is 0 Å². The normalized spacial score (nSPS) is 12.9. The van der Waals surface area contributed by atoms with E-state index in [1.165, 1.54) is 0 Å². The Balaban J connectivity index is 1.68. The second-order valence-electron chi connectivity index (χ2n) is 5.55. The van der Waals surface area contributed by atoms with Gasteiger partial charge in [-0.25, -0.2) is 4.98 Å². The van der Waals surface area contributed by atoms with Crippen molar-refractivity contribution in [3.63, 3.8) is 0 Å². The Morgan fingerprint density at radius 1 is 1.04 bits per heavy atom. The summed E-state index contributed by atoms with van der Waals surface area (Å²) in [5, 5.41) is 11.8. The number of para-hydroxylation sites is 2. The molecule has 3 heterocycles. The van der Waals surface area contributed by atoms with Crippen LogP contribution >= 0.6 is 0 Å². The zero-order valence-electron chi connectivity index (χ0n) is 12.9. The van der Waals surface area contributed by atoms with Gasteiger partial charge < -0.3 is 14.8 Å². The molecule has 0 spiro atoms. The van der Waals surface area contributed by atoms with E-state index in [0.29, 0.717) is 11.5 Å². The van der Waals surface area contributed by atoms with Crippen molar-refractivity contribution in [3.8, 4) is 11.5 Å². The third kappa shape index (κ3) is 1.88. The Labute approximate surface area is 136 Å². The maximum Gasteiger partial charge on any atom is 0.231 e. The van der Waals surface area contributed by atoms with Crippen LogP contribution < -0.4 is 14.8 Å². The molecule has 0 aliphatic carbocycles. The maximum atomic E-state index is 5.42. The first-order valence-electron chi connectivity index (χ1n) is 7.57. The molecule has 0 saturated heterocycles. The standard InChI is InChI=1S/C17H13N5O2/c1-10-20-21-17-16(19-12-4-2-3-5-13(12)22(10)17)18-11-6-7-14-15(8-11)24-9-23-14/h2-8H,9H2,1H3,(H,18,19). The third-order valence-corrected chi connectivity index (χ3v) is 4.03. The number of anilines is 2. The maximum absolute atomic E-state index is 5.42. The largest absolute Gasteiger partial charge is 0.454 e. The van der Waals surface area contributed by atoms with E-state index in [1.807, 2.05) is 53.8 Å². The van der Waals surface area contributed by atoms with Crippen molar-refractivity contribution < 1.29 is 9.47 Å². The fraction of sp³-hybridized carbons (Fsp3) is 0.118. The average molecular weight is 319 g/mol. The molecule has 7 heteroatoms. The molecule has 0 fully saturated rings. The van der Waals surface area contributed by atoms with E-state index in [0.717, 1.165) is 34.0 Å². The van der Waals surface area contributed by atoms with Gasteiger partial charge in [0.25, 0.3) is 0 Å². The van der Waals surface area contributed by atoms with E-state index < -0.39 is 0 Å². The van der Waals surface area contributed by atoms with E-state index >= 15 is 0 Å². The van der Waals surface area contributed by atoms with Gasteiger partial charge in [-0.1, -0.05) is 12.1 Å². The van der Waals surface area contributed by atoms with Crippen LogP contribution in [0.15, 0.2) is 42.5 Å². The molecule has 0 bridgehead atoms. The first-order chi connectivity index (χ1) is 11.8. The number of aromatic nitrogens is 4. The van der Waals surface area contributed by atoms with Crippen molar-refractivity contribution in [1.82, 2.24) is 19.6 Å². The smallest absolute Gasteiger partial charge is 0.231 e.